The number of benzene rings is 1. The van der Waals surface area contributed by atoms with Crippen molar-refractivity contribution in [1.29, 1.82) is 0 Å². The zero-order valence-electron chi connectivity index (χ0n) is 25.8. The van der Waals surface area contributed by atoms with Crippen LogP contribution in [0.2, 0.25) is 0 Å². The van der Waals surface area contributed by atoms with Gasteiger partial charge in [0, 0.05) is 16.7 Å². The molecule has 0 saturated heterocycles. The van der Waals surface area contributed by atoms with E-state index in [0.717, 1.165) is 16.3 Å². The Labute approximate surface area is 272 Å². The molecule has 3 aliphatic rings. The number of fused-ring (bicyclic) bond motifs is 2. The van der Waals surface area contributed by atoms with Gasteiger partial charge in [0.2, 0.25) is 0 Å². The number of allylic oxidation sites excluding steroid dienone is 2. The predicted octanol–water partition coefficient (Wildman–Crippen LogP) is 6.25. The van der Waals surface area contributed by atoms with Crippen molar-refractivity contribution in [3.63, 3.8) is 0 Å². The Kier molecular flexibility index (Phi) is 9.58. The molecule has 2 aliphatic carbocycles. The normalized spacial score (nSPS) is 24.7. The topological polar surface area (TPSA) is 111 Å². The molecule has 0 bridgehead atoms. The minimum Gasteiger partial charge on any atom is -0.459 e. The number of amides is 1. The van der Waals surface area contributed by atoms with Gasteiger partial charge in [0.05, 0.1) is 23.9 Å². The molecule has 1 aliphatic heterocycles. The number of hydrogen-bond donors (Lipinski definition) is 0. The van der Waals surface area contributed by atoms with Crippen molar-refractivity contribution >= 4 is 52.2 Å². The smallest absolute Gasteiger partial charge is 0.310 e. The van der Waals surface area contributed by atoms with Gasteiger partial charge in [-0.25, -0.2) is 0 Å². The number of rotatable bonds is 11. The molecule has 9 nitrogen and oxygen atoms in total. The van der Waals surface area contributed by atoms with Crippen molar-refractivity contribution in [2.24, 2.45) is 22.7 Å². The van der Waals surface area contributed by atoms with Crippen LogP contribution < -0.4 is 4.90 Å². The molecule has 1 aromatic heterocycles. The molecule has 234 valence electrons. The van der Waals surface area contributed by atoms with Crippen molar-refractivity contribution in [3.8, 4) is 0 Å². The fourth-order valence-electron chi connectivity index (χ4n) is 7.91. The Bertz CT molecular complexity index is 1510. The number of esters is 1. The zero-order chi connectivity index (χ0) is 31.6. The van der Waals surface area contributed by atoms with Crippen LogP contribution in [0, 0.1) is 26.2 Å². The number of aldehydes is 1. The fraction of sp³-hybridized carbons (Fsp3) is 0.529. The van der Waals surface area contributed by atoms with Gasteiger partial charge >= 0.3 is 5.97 Å². The second-order valence-electron chi connectivity index (χ2n) is 13.4. The van der Waals surface area contributed by atoms with Crippen LogP contribution in [0.5, 0.6) is 0 Å². The van der Waals surface area contributed by atoms with E-state index < -0.39 is 17.7 Å². The predicted molar refractivity (Wildman–Crippen MR) is 175 cm³/mol. The van der Waals surface area contributed by atoms with Crippen LogP contribution in [0.15, 0.2) is 48.2 Å². The Balaban J connectivity index is 1.10. The van der Waals surface area contributed by atoms with Crippen LogP contribution in [-0.2, 0) is 32.3 Å². The molecule has 3 atom stereocenters. The molecular weight excluding hydrogens is 671 g/mol. The van der Waals surface area contributed by atoms with Gasteiger partial charge in [-0.1, -0.05) is 50.6 Å². The van der Waals surface area contributed by atoms with Crippen LogP contribution >= 0.6 is 22.6 Å². The number of carbonyl (C=O) groups excluding carboxylic acids is 4. The van der Waals surface area contributed by atoms with E-state index in [4.69, 9.17) is 4.74 Å². The van der Waals surface area contributed by atoms with Gasteiger partial charge in [-0.3, -0.25) is 23.9 Å². The maximum absolute atomic E-state index is 12.6. The number of aryl methyl sites for hydroxylation is 1. The van der Waals surface area contributed by atoms with Crippen molar-refractivity contribution in [2.75, 3.05) is 11.4 Å². The number of ether oxygens (including phenoxy) is 1. The molecule has 44 heavy (non-hydrogen) atoms. The molecule has 10 heteroatoms. The number of Topliss-reactive ketones (excluding diaryl/α,β-unsaturated/α-hetero) is 1. The van der Waals surface area contributed by atoms with E-state index in [-0.39, 0.29) is 18.4 Å². The minimum absolute atomic E-state index is 0.0512. The number of ketones is 1. The average Bonchev–Trinajstić information content (AvgIpc) is 3.52. The van der Waals surface area contributed by atoms with Gasteiger partial charge in [0.25, 0.3) is 11.7 Å². The highest BCUT2D eigenvalue weighted by molar-refractivity contribution is 14.1. The molecule has 2 heterocycles. The first-order valence-corrected chi connectivity index (χ1v) is 16.5. The number of anilines is 1. The van der Waals surface area contributed by atoms with Crippen LogP contribution in [-0.4, -0.2) is 45.5 Å². The third-order valence-corrected chi connectivity index (χ3v) is 10.8. The zero-order valence-corrected chi connectivity index (χ0v) is 28.0. The summed E-state index contributed by atoms with van der Waals surface area (Å²) in [5.74, 6) is -0.569. The lowest BCUT2D eigenvalue weighted by Crippen LogP contribution is -2.49. The third kappa shape index (κ3) is 6.60. The fourth-order valence-corrected chi connectivity index (χ4v) is 8.40. The second kappa shape index (κ2) is 13.1. The van der Waals surface area contributed by atoms with E-state index >= 15 is 0 Å². The first kappa shape index (κ1) is 32.2. The highest BCUT2D eigenvalue weighted by Gasteiger charge is 2.52. The van der Waals surface area contributed by atoms with E-state index in [9.17, 15) is 19.2 Å². The number of carbonyl (C=O) groups is 4. The molecule has 0 unspecified atom stereocenters. The van der Waals surface area contributed by atoms with E-state index in [0.29, 0.717) is 65.7 Å². The van der Waals surface area contributed by atoms with Gasteiger partial charge in [-0.15, -0.1) is 5.10 Å². The summed E-state index contributed by atoms with van der Waals surface area (Å²) in [7, 11) is 0. The van der Waals surface area contributed by atoms with Crippen molar-refractivity contribution in [2.45, 2.75) is 85.3 Å². The van der Waals surface area contributed by atoms with E-state index in [1.54, 1.807) is 23.0 Å². The van der Waals surface area contributed by atoms with Gasteiger partial charge in [0.15, 0.2) is 0 Å². The van der Waals surface area contributed by atoms with Crippen molar-refractivity contribution in [3.05, 3.63) is 63.0 Å². The molecule has 0 N–H and O–H groups in total. The highest BCUT2D eigenvalue weighted by atomic mass is 127. The lowest BCUT2D eigenvalue weighted by atomic mass is 9.47. The standard InChI is InChI=1S/C34H41IN4O5/c1-22-7-12-29-33(2,3)13-5-14-34(29,4)27(22)10-8-23(20-40)17-30(41)44-21-25-19-38(37-36-25)15-6-16-39-28-11-9-24(35)18-26(28)31(42)32(39)43/h8-9,11,18-20,27,29H,1,5-7,10,12-17,21H2,2-4H3/b23-8+/t27-,29-,34+/m0/s1. The van der Waals surface area contributed by atoms with Crippen LogP contribution in [0.3, 0.4) is 0 Å². The average molecular weight is 713 g/mol. The van der Waals surface area contributed by atoms with E-state index in [1.165, 1.54) is 36.2 Å². The van der Waals surface area contributed by atoms with Crippen LogP contribution in [0.4, 0.5) is 5.69 Å². The first-order valence-electron chi connectivity index (χ1n) is 15.4. The quantitative estimate of drug-likeness (QED) is 0.0677. The lowest BCUT2D eigenvalue weighted by Gasteiger charge is -2.58. The molecule has 5 rings (SSSR count). The molecule has 0 radical (unpaired) electrons. The Morgan fingerprint density at radius 1 is 1.20 bits per heavy atom. The maximum atomic E-state index is 12.6. The van der Waals surface area contributed by atoms with E-state index in [2.05, 4.69) is 60.3 Å². The summed E-state index contributed by atoms with van der Waals surface area (Å²) in [5.41, 5.74) is 3.70. The largest absolute Gasteiger partial charge is 0.459 e. The minimum atomic E-state index is -0.517. The second-order valence-corrected chi connectivity index (χ2v) is 14.6. The summed E-state index contributed by atoms with van der Waals surface area (Å²) in [6.07, 6.45) is 11.3. The number of nitrogens with zero attached hydrogens (tertiary/aromatic N) is 4. The molecule has 1 aromatic carbocycles. The monoisotopic (exact) mass is 712 g/mol. The first-order chi connectivity index (χ1) is 20.9. The summed E-state index contributed by atoms with van der Waals surface area (Å²) in [5, 5.41) is 8.17. The van der Waals surface area contributed by atoms with Gasteiger partial charge in [-0.2, -0.15) is 0 Å². The number of halogens is 1. The SMILES string of the molecule is C=C1CC[C@H]2C(C)(C)CCC[C@]2(C)[C@H]1C/C=C(/C=O)CC(=O)OCc1cn(CCCN2C(=O)C(=O)c3cc(I)ccc32)nn1. The van der Waals surface area contributed by atoms with Crippen LogP contribution in [0.25, 0.3) is 0 Å². The Morgan fingerprint density at radius 2 is 2.00 bits per heavy atom. The molecule has 1 amide bonds. The highest BCUT2D eigenvalue weighted by Crippen LogP contribution is 2.61. The number of hydrogen-bond acceptors (Lipinski definition) is 7. The summed E-state index contributed by atoms with van der Waals surface area (Å²) >= 11 is 2.12. The Morgan fingerprint density at radius 3 is 2.77 bits per heavy atom. The summed E-state index contributed by atoms with van der Waals surface area (Å²) in [6, 6.07) is 5.40. The summed E-state index contributed by atoms with van der Waals surface area (Å²) < 4.78 is 7.94. The maximum Gasteiger partial charge on any atom is 0.310 e. The van der Waals surface area contributed by atoms with Crippen LogP contribution in [0.1, 0.15) is 88.2 Å². The van der Waals surface area contributed by atoms with Gasteiger partial charge in [0.1, 0.15) is 18.6 Å². The van der Waals surface area contributed by atoms with Gasteiger partial charge < -0.3 is 9.64 Å². The lowest BCUT2D eigenvalue weighted by molar-refractivity contribution is -0.144. The number of aromatic nitrogens is 3. The van der Waals surface area contributed by atoms with Crippen molar-refractivity contribution in [1.82, 2.24) is 15.0 Å². The van der Waals surface area contributed by atoms with Crippen molar-refractivity contribution < 1.29 is 23.9 Å². The Hall–Kier alpha value is -3.15. The molecular formula is C34H41IN4O5. The summed E-state index contributed by atoms with van der Waals surface area (Å²) in [6.45, 7) is 12.4. The molecule has 2 aromatic rings. The molecule has 0 spiro atoms. The molecule has 2 saturated carbocycles. The van der Waals surface area contributed by atoms with E-state index in [1.807, 2.05) is 12.1 Å². The third-order valence-electron chi connectivity index (χ3n) is 10.1. The van der Waals surface area contributed by atoms with Gasteiger partial charge in [-0.05, 0) is 108 Å². The molecule has 2 fully saturated rings. The summed E-state index contributed by atoms with van der Waals surface area (Å²) in [4.78, 5) is 50.8.